The minimum Gasteiger partial charge on any atom is -0.496 e. The number of nitrogens with zero attached hydrogens (tertiary/aromatic N) is 2. The highest BCUT2D eigenvalue weighted by molar-refractivity contribution is 6.31. The summed E-state index contributed by atoms with van der Waals surface area (Å²) in [4.78, 5) is 16.8. The molecule has 25 heavy (non-hydrogen) atoms. The van der Waals surface area contributed by atoms with Gasteiger partial charge in [0.25, 0.3) is 5.91 Å². The highest BCUT2D eigenvalue weighted by Crippen LogP contribution is 2.26. The number of aromatic nitrogens is 2. The number of halogens is 1. The number of hydrogen-bond acceptors (Lipinski definition) is 5. The van der Waals surface area contributed by atoms with Crippen molar-refractivity contribution in [2.45, 2.75) is 13.8 Å². The van der Waals surface area contributed by atoms with E-state index in [9.17, 15) is 4.79 Å². The molecule has 0 aliphatic carbocycles. The van der Waals surface area contributed by atoms with E-state index in [0.29, 0.717) is 33.7 Å². The first-order chi connectivity index (χ1) is 12.0. The molecule has 6 nitrogen and oxygen atoms in total. The predicted molar refractivity (Wildman–Crippen MR) is 95.2 cm³/mol. The van der Waals surface area contributed by atoms with Crippen LogP contribution in [0, 0.1) is 13.8 Å². The molecule has 2 aromatic carbocycles. The summed E-state index contributed by atoms with van der Waals surface area (Å²) in [6.45, 7) is 3.62. The first-order valence-electron chi connectivity index (χ1n) is 7.54. The van der Waals surface area contributed by atoms with Crippen LogP contribution in [0.2, 0.25) is 5.02 Å². The van der Waals surface area contributed by atoms with Gasteiger partial charge in [0.05, 0.1) is 12.7 Å². The largest absolute Gasteiger partial charge is 0.496 e. The quantitative estimate of drug-likeness (QED) is 0.754. The Morgan fingerprint density at radius 2 is 2.00 bits per heavy atom. The van der Waals surface area contributed by atoms with E-state index in [4.69, 9.17) is 20.9 Å². The Kier molecular flexibility index (Phi) is 4.72. The second-order valence-corrected chi connectivity index (χ2v) is 5.90. The Bertz CT molecular complexity index is 937. The van der Waals surface area contributed by atoms with Crippen LogP contribution in [0.5, 0.6) is 5.75 Å². The Morgan fingerprint density at radius 3 is 2.64 bits per heavy atom. The summed E-state index contributed by atoms with van der Waals surface area (Å²) in [6, 6.07) is 10.4. The van der Waals surface area contributed by atoms with Crippen LogP contribution in [-0.2, 0) is 0 Å². The van der Waals surface area contributed by atoms with Crippen LogP contribution >= 0.6 is 11.6 Å². The number of ether oxygens (including phenoxy) is 1. The molecular weight excluding hydrogens is 342 g/mol. The van der Waals surface area contributed by atoms with Gasteiger partial charge < -0.3 is 14.6 Å². The van der Waals surface area contributed by atoms with E-state index in [1.54, 1.807) is 31.2 Å². The van der Waals surface area contributed by atoms with E-state index >= 15 is 0 Å². The third kappa shape index (κ3) is 3.64. The summed E-state index contributed by atoms with van der Waals surface area (Å²) >= 11 is 5.98. The number of amides is 1. The van der Waals surface area contributed by atoms with Gasteiger partial charge in [0.1, 0.15) is 5.75 Å². The fraction of sp³-hybridized carbons (Fsp3) is 0.167. The van der Waals surface area contributed by atoms with Crippen molar-refractivity contribution in [3.8, 4) is 17.1 Å². The average molecular weight is 358 g/mol. The summed E-state index contributed by atoms with van der Waals surface area (Å²) in [5.74, 6) is 1.16. The van der Waals surface area contributed by atoms with Gasteiger partial charge >= 0.3 is 0 Å². The van der Waals surface area contributed by atoms with Gasteiger partial charge in [-0.3, -0.25) is 4.79 Å². The van der Waals surface area contributed by atoms with Crippen molar-refractivity contribution in [2.24, 2.45) is 0 Å². The standard InChI is InChI=1S/C18H16ClN3O3/c1-10-8-12(17-20-11(2)25-22-17)4-6-15(10)21-18(23)14-9-13(19)5-7-16(14)24-3/h4-9H,1-3H3,(H,21,23). The van der Waals surface area contributed by atoms with Crippen molar-refractivity contribution >= 4 is 23.2 Å². The summed E-state index contributed by atoms with van der Waals surface area (Å²) < 4.78 is 10.2. The highest BCUT2D eigenvalue weighted by atomic mass is 35.5. The molecule has 0 saturated carbocycles. The normalized spacial score (nSPS) is 10.6. The molecule has 1 N–H and O–H groups in total. The molecular formula is C18H16ClN3O3. The fourth-order valence-electron chi connectivity index (χ4n) is 2.41. The first kappa shape index (κ1) is 17.0. The first-order valence-corrected chi connectivity index (χ1v) is 7.92. The van der Waals surface area contributed by atoms with Crippen LogP contribution in [0.3, 0.4) is 0 Å². The zero-order chi connectivity index (χ0) is 18.0. The number of hydrogen-bond donors (Lipinski definition) is 1. The lowest BCUT2D eigenvalue weighted by atomic mass is 10.1. The number of carbonyl (C=O) groups is 1. The molecule has 0 atom stereocenters. The predicted octanol–water partition coefficient (Wildman–Crippen LogP) is 4.27. The van der Waals surface area contributed by atoms with Crippen LogP contribution in [0.15, 0.2) is 40.9 Å². The smallest absolute Gasteiger partial charge is 0.259 e. The van der Waals surface area contributed by atoms with Crippen LogP contribution in [-0.4, -0.2) is 23.2 Å². The van der Waals surface area contributed by atoms with Crippen molar-refractivity contribution in [3.63, 3.8) is 0 Å². The molecule has 0 bridgehead atoms. The molecule has 1 aromatic heterocycles. The lowest BCUT2D eigenvalue weighted by molar-refractivity contribution is 0.102. The van der Waals surface area contributed by atoms with Crippen molar-refractivity contribution in [2.75, 3.05) is 12.4 Å². The summed E-state index contributed by atoms with van der Waals surface area (Å²) in [7, 11) is 1.51. The van der Waals surface area contributed by atoms with Gasteiger partial charge in [-0.05, 0) is 48.9 Å². The maximum absolute atomic E-state index is 12.6. The molecule has 0 aliphatic heterocycles. The summed E-state index contributed by atoms with van der Waals surface area (Å²) in [6.07, 6.45) is 0. The van der Waals surface area contributed by atoms with E-state index in [1.165, 1.54) is 7.11 Å². The maximum atomic E-state index is 12.6. The van der Waals surface area contributed by atoms with E-state index in [2.05, 4.69) is 15.5 Å². The van der Waals surface area contributed by atoms with E-state index in [-0.39, 0.29) is 5.91 Å². The zero-order valence-electron chi connectivity index (χ0n) is 14.0. The van der Waals surface area contributed by atoms with Crippen LogP contribution in [0.4, 0.5) is 5.69 Å². The number of nitrogens with one attached hydrogen (secondary N) is 1. The topological polar surface area (TPSA) is 77.2 Å². The molecule has 128 valence electrons. The molecule has 1 amide bonds. The molecule has 0 spiro atoms. The van der Waals surface area contributed by atoms with Gasteiger partial charge in [-0.15, -0.1) is 0 Å². The monoisotopic (exact) mass is 357 g/mol. The van der Waals surface area contributed by atoms with E-state index < -0.39 is 0 Å². The van der Waals surface area contributed by atoms with Crippen LogP contribution < -0.4 is 10.1 Å². The van der Waals surface area contributed by atoms with E-state index in [0.717, 1.165) is 11.1 Å². The number of anilines is 1. The lowest BCUT2D eigenvalue weighted by Gasteiger charge is -2.12. The molecule has 1 heterocycles. The lowest BCUT2D eigenvalue weighted by Crippen LogP contribution is -2.14. The SMILES string of the molecule is COc1ccc(Cl)cc1C(=O)Nc1ccc(-c2noc(C)n2)cc1C. The number of carbonyl (C=O) groups excluding carboxylic acids is 1. The van der Waals surface area contributed by atoms with Gasteiger partial charge in [-0.1, -0.05) is 16.8 Å². The van der Waals surface area contributed by atoms with Gasteiger partial charge in [0.15, 0.2) is 0 Å². The minimum absolute atomic E-state index is 0.300. The van der Waals surface area contributed by atoms with Gasteiger partial charge in [0.2, 0.25) is 11.7 Å². The molecule has 7 heteroatoms. The van der Waals surface area contributed by atoms with Crippen LogP contribution in [0.1, 0.15) is 21.8 Å². The molecule has 0 saturated heterocycles. The number of methoxy groups -OCH3 is 1. The molecule has 0 unspecified atom stereocenters. The Morgan fingerprint density at radius 1 is 1.20 bits per heavy atom. The Labute approximate surface area is 149 Å². The second-order valence-electron chi connectivity index (χ2n) is 5.47. The average Bonchev–Trinajstić information content (AvgIpc) is 3.03. The molecule has 3 rings (SSSR count). The summed E-state index contributed by atoms with van der Waals surface area (Å²) in [5.41, 5.74) is 2.73. The third-order valence-electron chi connectivity index (χ3n) is 3.67. The fourth-order valence-corrected chi connectivity index (χ4v) is 2.58. The maximum Gasteiger partial charge on any atom is 0.259 e. The molecule has 3 aromatic rings. The van der Waals surface area contributed by atoms with Gasteiger partial charge in [-0.2, -0.15) is 4.98 Å². The Balaban J connectivity index is 1.86. The van der Waals surface area contributed by atoms with Crippen molar-refractivity contribution < 1.29 is 14.1 Å². The Hall–Kier alpha value is -2.86. The molecule has 0 aliphatic rings. The second kappa shape index (κ2) is 6.94. The molecule has 0 fully saturated rings. The van der Waals surface area contributed by atoms with Crippen molar-refractivity contribution in [1.29, 1.82) is 0 Å². The van der Waals surface area contributed by atoms with Crippen molar-refractivity contribution in [1.82, 2.24) is 10.1 Å². The van der Waals surface area contributed by atoms with E-state index in [1.807, 2.05) is 19.1 Å². The van der Waals surface area contributed by atoms with Gasteiger partial charge in [0, 0.05) is 23.2 Å². The highest BCUT2D eigenvalue weighted by Gasteiger charge is 2.15. The van der Waals surface area contributed by atoms with Gasteiger partial charge in [-0.25, -0.2) is 0 Å². The van der Waals surface area contributed by atoms with Crippen LogP contribution in [0.25, 0.3) is 11.4 Å². The van der Waals surface area contributed by atoms with Crippen molar-refractivity contribution in [3.05, 3.63) is 58.4 Å². The zero-order valence-corrected chi connectivity index (χ0v) is 14.7. The minimum atomic E-state index is -0.300. The third-order valence-corrected chi connectivity index (χ3v) is 3.90. The molecule has 0 radical (unpaired) electrons. The number of rotatable bonds is 4. The summed E-state index contributed by atoms with van der Waals surface area (Å²) in [5, 5.41) is 7.23. The number of aryl methyl sites for hydroxylation is 2. The number of benzene rings is 2.